The minimum Gasteiger partial charge on any atom is -0.493 e. The maximum atomic E-state index is 13.1. The van der Waals surface area contributed by atoms with Crippen LogP contribution in [-0.4, -0.2) is 17.1 Å². The van der Waals surface area contributed by atoms with E-state index in [4.69, 9.17) is 14.5 Å². The van der Waals surface area contributed by atoms with Crippen LogP contribution in [0.4, 0.5) is 0 Å². The van der Waals surface area contributed by atoms with E-state index in [1.165, 1.54) is 10.4 Å². The number of benzene rings is 2. The van der Waals surface area contributed by atoms with Gasteiger partial charge in [0.2, 0.25) is 0 Å². The molecule has 0 spiro atoms. The normalized spacial score (nSPS) is 15.8. The summed E-state index contributed by atoms with van der Waals surface area (Å²) in [6.45, 7) is 7.37. The van der Waals surface area contributed by atoms with E-state index in [0.717, 1.165) is 40.6 Å². The van der Waals surface area contributed by atoms with Gasteiger partial charge in [0.15, 0.2) is 11.5 Å². The Hall–Kier alpha value is -3.12. The molecule has 0 radical (unpaired) electrons. The Morgan fingerprint density at radius 2 is 1.91 bits per heavy atom. The molecule has 5 nitrogen and oxygen atoms in total. The molecule has 4 aromatic rings. The summed E-state index contributed by atoms with van der Waals surface area (Å²) in [7, 11) is 1.62. The molecular formula is C28H30N2O3S. The topological polar surface area (TPSA) is 64.2 Å². The van der Waals surface area contributed by atoms with E-state index < -0.39 is 0 Å². The molecule has 0 saturated carbocycles. The first kappa shape index (κ1) is 22.7. The maximum Gasteiger partial charge on any atom is 0.260 e. The molecule has 1 aliphatic rings. The highest BCUT2D eigenvalue weighted by Crippen LogP contribution is 2.42. The average molecular weight is 475 g/mol. The summed E-state index contributed by atoms with van der Waals surface area (Å²) < 4.78 is 11.6. The van der Waals surface area contributed by atoms with E-state index in [0.29, 0.717) is 29.8 Å². The number of nitrogens with one attached hydrogen (secondary N) is 1. The van der Waals surface area contributed by atoms with Crippen LogP contribution in [0, 0.1) is 11.3 Å². The first-order chi connectivity index (χ1) is 16.3. The number of methoxy groups -OCH3 is 1. The van der Waals surface area contributed by atoms with E-state index in [1.54, 1.807) is 18.4 Å². The van der Waals surface area contributed by atoms with Crippen molar-refractivity contribution < 1.29 is 9.47 Å². The number of H-pyrrole nitrogens is 1. The van der Waals surface area contributed by atoms with Crippen molar-refractivity contribution in [2.24, 2.45) is 11.3 Å². The summed E-state index contributed by atoms with van der Waals surface area (Å²) in [4.78, 5) is 23.1. The Balaban J connectivity index is 1.45. The number of thiophene rings is 1. The van der Waals surface area contributed by atoms with Gasteiger partial charge in [-0.2, -0.15) is 0 Å². The first-order valence-electron chi connectivity index (χ1n) is 11.7. The van der Waals surface area contributed by atoms with E-state index in [2.05, 4.69) is 25.8 Å². The van der Waals surface area contributed by atoms with Crippen LogP contribution in [0.2, 0.25) is 0 Å². The third-order valence-electron chi connectivity index (χ3n) is 6.82. The number of aryl methyl sites for hydroxylation is 1. The second-order valence-electron chi connectivity index (χ2n) is 10.0. The minimum absolute atomic E-state index is 0.0601. The Kier molecular flexibility index (Phi) is 5.94. The summed E-state index contributed by atoms with van der Waals surface area (Å²) >= 11 is 1.67. The molecule has 6 heteroatoms. The van der Waals surface area contributed by atoms with Crippen LogP contribution in [0.5, 0.6) is 11.5 Å². The van der Waals surface area contributed by atoms with Crippen LogP contribution in [0.15, 0.2) is 53.3 Å². The van der Waals surface area contributed by atoms with Crippen molar-refractivity contribution >= 4 is 21.6 Å². The minimum atomic E-state index is -0.0601. The molecule has 5 rings (SSSR count). The molecular weight excluding hydrogens is 444 g/mol. The Morgan fingerprint density at radius 1 is 1.12 bits per heavy atom. The number of aromatic nitrogens is 2. The lowest BCUT2D eigenvalue weighted by atomic mass is 9.72. The van der Waals surface area contributed by atoms with Gasteiger partial charge in [-0.1, -0.05) is 51.1 Å². The van der Waals surface area contributed by atoms with Crippen LogP contribution >= 0.6 is 11.3 Å². The second-order valence-corrected chi connectivity index (χ2v) is 11.1. The lowest BCUT2D eigenvalue weighted by Crippen LogP contribution is -2.26. The van der Waals surface area contributed by atoms with Gasteiger partial charge in [0, 0.05) is 10.4 Å². The Labute approximate surface area is 203 Å². The third kappa shape index (κ3) is 4.34. The highest BCUT2D eigenvalue weighted by Gasteiger charge is 2.31. The molecule has 0 aliphatic heterocycles. The highest BCUT2D eigenvalue weighted by molar-refractivity contribution is 7.18. The smallest absolute Gasteiger partial charge is 0.260 e. The summed E-state index contributed by atoms with van der Waals surface area (Å²) in [5, 5.41) is 0.769. The molecule has 176 valence electrons. The molecule has 2 aromatic carbocycles. The number of hydrogen-bond acceptors (Lipinski definition) is 5. The molecule has 2 aromatic heterocycles. The van der Waals surface area contributed by atoms with Crippen molar-refractivity contribution in [3.8, 4) is 22.9 Å². The van der Waals surface area contributed by atoms with Gasteiger partial charge in [-0.3, -0.25) is 4.79 Å². The van der Waals surface area contributed by atoms with Crippen LogP contribution in [0.1, 0.15) is 43.2 Å². The number of fused-ring (bicyclic) bond motifs is 3. The van der Waals surface area contributed by atoms with E-state index >= 15 is 0 Å². The van der Waals surface area contributed by atoms with Crippen molar-refractivity contribution in [2.75, 3.05) is 7.11 Å². The predicted molar refractivity (Wildman–Crippen MR) is 138 cm³/mol. The summed E-state index contributed by atoms with van der Waals surface area (Å²) in [5.74, 6) is 2.43. The van der Waals surface area contributed by atoms with Crippen LogP contribution < -0.4 is 15.0 Å². The zero-order chi connectivity index (χ0) is 23.9. The molecule has 2 heterocycles. The quantitative estimate of drug-likeness (QED) is 0.364. The maximum absolute atomic E-state index is 13.1. The third-order valence-corrected chi connectivity index (χ3v) is 7.97. The molecule has 0 amide bonds. The first-order valence-corrected chi connectivity index (χ1v) is 12.5. The van der Waals surface area contributed by atoms with Crippen molar-refractivity contribution in [1.29, 1.82) is 0 Å². The fraction of sp³-hybridized carbons (Fsp3) is 0.357. The van der Waals surface area contributed by atoms with Crippen molar-refractivity contribution in [3.05, 3.63) is 74.9 Å². The number of nitrogens with zero attached hydrogens (tertiary/aromatic N) is 1. The lowest BCUT2D eigenvalue weighted by molar-refractivity contribution is 0.218. The van der Waals surface area contributed by atoms with Gasteiger partial charge in [0.1, 0.15) is 17.3 Å². The fourth-order valence-corrected chi connectivity index (χ4v) is 6.03. The summed E-state index contributed by atoms with van der Waals surface area (Å²) in [5.41, 5.74) is 3.28. The Bertz CT molecular complexity index is 1380. The number of aromatic amines is 1. The molecule has 1 N–H and O–H groups in total. The van der Waals surface area contributed by atoms with Gasteiger partial charge in [0.05, 0.1) is 12.5 Å². The SMILES string of the molecule is COc1cc(-c2nc3sc4c(c3c(=O)[nH]2)CCC(C(C)(C)C)C4)ccc1OCc1ccccc1. The number of rotatable bonds is 5. The molecule has 1 atom stereocenters. The van der Waals surface area contributed by atoms with Gasteiger partial charge < -0.3 is 14.5 Å². The van der Waals surface area contributed by atoms with Crippen LogP contribution in [0.25, 0.3) is 21.6 Å². The molecule has 0 fully saturated rings. The molecule has 34 heavy (non-hydrogen) atoms. The highest BCUT2D eigenvalue weighted by atomic mass is 32.1. The van der Waals surface area contributed by atoms with Crippen molar-refractivity contribution in [3.63, 3.8) is 0 Å². The van der Waals surface area contributed by atoms with Gasteiger partial charge in [0.25, 0.3) is 5.56 Å². The van der Waals surface area contributed by atoms with Crippen LogP contribution in [0.3, 0.4) is 0 Å². The molecule has 1 unspecified atom stereocenters. The van der Waals surface area contributed by atoms with Gasteiger partial charge in [-0.15, -0.1) is 11.3 Å². The van der Waals surface area contributed by atoms with Crippen molar-refractivity contribution in [2.45, 2.75) is 46.6 Å². The molecule has 0 saturated heterocycles. The predicted octanol–water partition coefficient (Wildman–Crippen LogP) is 6.39. The molecule has 1 aliphatic carbocycles. The summed E-state index contributed by atoms with van der Waals surface area (Å²) in [6, 6.07) is 15.7. The summed E-state index contributed by atoms with van der Waals surface area (Å²) in [6.07, 6.45) is 3.09. The largest absolute Gasteiger partial charge is 0.493 e. The second kappa shape index (κ2) is 8.91. The Morgan fingerprint density at radius 3 is 2.65 bits per heavy atom. The standard InChI is InChI=1S/C28H30N2O3S/c1-28(2,3)19-11-12-20-23(15-19)34-27-24(20)26(31)29-25(30-27)18-10-13-21(22(14-18)32-4)33-16-17-8-6-5-7-9-17/h5-10,13-14,19H,11-12,15-16H2,1-4H3,(H,29,30,31). The van der Waals surface area contributed by atoms with Crippen molar-refractivity contribution in [1.82, 2.24) is 9.97 Å². The van der Waals surface area contributed by atoms with Gasteiger partial charge >= 0.3 is 0 Å². The van der Waals surface area contributed by atoms with Gasteiger partial charge in [-0.05, 0) is 59.9 Å². The zero-order valence-electron chi connectivity index (χ0n) is 20.1. The zero-order valence-corrected chi connectivity index (χ0v) is 20.9. The van der Waals surface area contributed by atoms with E-state index in [-0.39, 0.29) is 11.0 Å². The molecule has 0 bridgehead atoms. The number of hydrogen-bond donors (Lipinski definition) is 1. The van der Waals surface area contributed by atoms with E-state index in [1.807, 2.05) is 48.5 Å². The number of ether oxygens (including phenoxy) is 2. The van der Waals surface area contributed by atoms with Gasteiger partial charge in [-0.25, -0.2) is 4.98 Å². The average Bonchev–Trinajstić information content (AvgIpc) is 3.21. The fourth-order valence-electron chi connectivity index (χ4n) is 4.73. The monoisotopic (exact) mass is 474 g/mol. The van der Waals surface area contributed by atoms with E-state index in [9.17, 15) is 4.79 Å². The van der Waals surface area contributed by atoms with Crippen LogP contribution in [-0.2, 0) is 19.4 Å². The lowest BCUT2D eigenvalue weighted by Gasteiger charge is -2.33.